The Balaban J connectivity index is 2.81. The van der Waals surface area contributed by atoms with Crippen LogP contribution in [0.4, 0.5) is 5.69 Å². The fourth-order valence-electron chi connectivity index (χ4n) is 1.45. The van der Waals surface area contributed by atoms with Crippen LogP contribution in [0, 0.1) is 12.8 Å². The van der Waals surface area contributed by atoms with Crippen molar-refractivity contribution >= 4 is 16.5 Å². The van der Waals surface area contributed by atoms with E-state index < -0.39 is 10.8 Å². The summed E-state index contributed by atoms with van der Waals surface area (Å²) < 4.78 is 12.1. The van der Waals surface area contributed by atoms with Crippen LogP contribution in [0.25, 0.3) is 0 Å². The van der Waals surface area contributed by atoms with Crippen molar-refractivity contribution in [1.82, 2.24) is 0 Å². The van der Waals surface area contributed by atoms with Gasteiger partial charge in [0.1, 0.15) is 0 Å². The van der Waals surface area contributed by atoms with E-state index in [4.69, 9.17) is 5.73 Å². The first-order valence-electron chi connectivity index (χ1n) is 5.64. The second-order valence-corrected chi connectivity index (χ2v) is 6.40. The van der Waals surface area contributed by atoms with Crippen molar-refractivity contribution in [3.8, 4) is 0 Å². The van der Waals surface area contributed by atoms with Crippen LogP contribution >= 0.6 is 0 Å². The summed E-state index contributed by atoms with van der Waals surface area (Å²) in [5, 5.41) is 0.223. The number of rotatable bonds is 4. The molecule has 0 aromatic heterocycles. The minimum atomic E-state index is -0.820. The lowest BCUT2D eigenvalue weighted by molar-refractivity contribution is 0.605. The van der Waals surface area contributed by atoms with E-state index in [0.29, 0.717) is 11.7 Å². The zero-order chi connectivity index (χ0) is 12.3. The van der Waals surface area contributed by atoms with E-state index in [0.717, 1.165) is 16.8 Å². The van der Waals surface area contributed by atoms with Crippen LogP contribution in [0.15, 0.2) is 18.2 Å². The van der Waals surface area contributed by atoms with Gasteiger partial charge in [-0.2, -0.15) is 0 Å². The van der Waals surface area contributed by atoms with Gasteiger partial charge in [-0.3, -0.25) is 4.21 Å². The topological polar surface area (TPSA) is 43.1 Å². The highest BCUT2D eigenvalue weighted by atomic mass is 32.2. The number of hydrogen-bond donors (Lipinski definition) is 1. The molecule has 0 aliphatic carbocycles. The summed E-state index contributed by atoms with van der Waals surface area (Å²) in [7, 11) is -0.820. The minimum absolute atomic E-state index is 0.223. The molecule has 0 saturated carbocycles. The van der Waals surface area contributed by atoms with Crippen LogP contribution in [0.5, 0.6) is 0 Å². The molecule has 2 atom stereocenters. The van der Waals surface area contributed by atoms with Crippen molar-refractivity contribution in [2.45, 2.75) is 38.7 Å². The highest BCUT2D eigenvalue weighted by molar-refractivity contribution is 7.84. The molecule has 0 fully saturated rings. The van der Waals surface area contributed by atoms with Crippen molar-refractivity contribution in [2.75, 3.05) is 5.73 Å². The molecule has 1 aromatic carbocycles. The number of nitrogens with two attached hydrogens (primary N) is 1. The molecule has 0 saturated heterocycles. The molecule has 0 amide bonds. The SMILES string of the molecule is Cc1c(N)cccc1CS(=O)C(C)C(C)C. The van der Waals surface area contributed by atoms with Gasteiger partial charge in [0, 0.05) is 27.5 Å². The van der Waals surface area contributed by atoms with Gasteiger partial charge in [0.05, 0.1) is 0 Å². The third-order valence-corrected chi connectivity index (χ3v) is 5.11. The Labute approximate surface area is 101 Å². The molecular formula is C13H21NOS. The van der Waals surface area contributed by atoms with Gasteiger partial charge in [0.2, 0.25) is 0 Å². The minimum Gasteiger partial charge on any atom is -0.399 e. The van der Waals surface area contributed by atoms with Gasteiger partial charge >= 0.3 is 0 Å². The molecule has 1 aromatic rings. The van der Waals surface area contributed by atoms with Crippen molar-refractivity contribution in [1.29, 1.82) is 0 Å². The zero-order valence-corrected chi connectivity index (χ0v) is 11.3. The zero-order valence-electron chi connectivity index (χ0n) is 10.5. The maximum atomic E-state index is 12.1. The Morgan fingerprint density at radius 1 is 1.31 bits per heavy atom. The maximum Gasteiger partial charge on any atom is 0.0491 e. The largest absolute Gasteiger partial charge is 0.399 e. The van der Waals surface area contributed by atoms with Crippen molar-refractivity contribution in [3.63, 3.8) is 0 Å². The highest BCUT2D eigenvalue weighted by Crippen LogP contribution is 2.19. The molecule has 0 bridgehead atoms. The van der Waals surface area contributed by atoms with E-state index in [1.807, 2.05) is 32.0 Å². The van der Waals surface area contributed by atoms with Crippen LogP contribution in [0.2, 0.25) is 0 Å². The normalized spacial score (nSPS) is 15.1. The Bertz CT molecular complexity index is 388. The number of benzene rings is 1. The second-order valence-electron chi connectivity index (χ2n) is 4.61. The lowest BCUT2D eigenvalue weighted by Gasteiger charge is -2.16. The van der Waals surface area contributed by atoms with Crippen molar-refractivity contribution in [2.24, 2.45) is 5.92 Å². The van der Waals surface area contributed by atoms with Crippen LogP contribution < -0.4 is 5.73 Å². The van der Waals surface area contributed by atoms with E-state index in [1.54, 1.807) is 0 Å². The van der Waals surface area contributed by atoms with Crippen molar-refractivity contribution < 1.29 is 4.21 Å². The Hall–Kier alpha value is -0.830. The molecule has 1 rings (SSSR count). The molecule has 0 spiro atoms. The average Bonchev–Trinajstić information content (AvgIpc) is 2.23. The molecule has 2 N–H and O–H groups in total. The number of nitrogen functional groups attached to an aromatic ring is 1. The third kappa shape index (κ3) is 3.08. The smallest absolute Gasteiger partial charge is 0.0491 e. The summed E-state index contributed by atoms with van der Waals surface area (Å²) in [5.41, 5.74) is 8.78. The summed E-state index contributed by atoms with van der Waals surface area (Å²) in [6, 6.07) is 5.82. The lowest BCUT2D eigenvalue weighted by Crippen LogP contribution is -2.19. The van der Waals surface area contributed by atoms with Crippen LogP contribution in [-0.2, 0) is 16.6 Å². The van der Waals surface area contributed by atoms with Gasteiger partial charge in [0.15, 0.2) is 0 Å². The summed E-state index contributed by atoms with van der Waals surface area (Å²) in [6.45, 7) is 8.24. The summed E-state index contributed by atoms with van der Waals surface area (Å²) in [4.78, 5) is 0. The van der Waals surface area contributed by atoms with E-state index >= 15 is 0 Å². The van der Waals surface area contributed by atoms with Gasteiger partial charge in [-0.15, -0.1) is 0 Å². The molecule has 2 unspecified atom stereocenters. The lowest BCUT2D eigenvalue weighted by atomic mass is 10.1. The summed E-state index contributed by atoms with van der Waals surface area (Å²) >= 11 is 0. The number of anilines is 1. The van der Waals surface area contributed by atoms with E-state index in [9.17, 15) is 4.21 Å². The molecule has 3 heteroatoms. The van der Waals surface area contributed by atoms with E-state index in [-0.39, 0.29) is 5.25 Å². The maximum absolute atomic E-state index is 12.1. The predicted molar refractivity (Wildman–Crippen MR) is 71.7 cm³/mol. The third-order valence-electron chi connectivity index (χ3n) is 3.14. The predicted octanol–water partition coefficient (Wildman–Crippen LogP) is 2.87. The monoisotopic (exact) mass is 239 g/mol. The fraction of sp³-hybridized carbons (Fsp3) is 0.538. The van der Waals surface area contributed by atoms with Crippen molar-refractivity contribution in [3.05, 3.63) is 29.3 Å². The molecular weight excluding hydrogens is 218 g/mol. The summed E-state index contributed by atoms with van der Waals surface area (Å²) in [6.07, 6.45) is 0. The average molecular weight is 239 g/mol. The van der Waals surface area contributed by atoms with Gasteiger partial charge in [-0.1, -0.05) is 32.9 Å². The number of hydrogen-bond acceptors (Lipinski definition) is 2. The molecule has 0 aliphatic heterocycles. The standard InChI is InChI=1S/C13H21NOS/c1-9(2)11(4)16(15)8-12-6-5-7-13(14)10(12)3/h5-7,9,11H,8,14H2,1-4H3. The Kier molecular flexibility index (Phi) is 4.54. The van der Waals surface area contributed by atoms with Gasteiger partial charge in [0.25, 0.3) is 0 Å². The molecule has 90 valence electrons. The molecule has 0 radical (unpaired) electrons. The molecule has 0 aliphatic rings. The first-order valence-corrected chi connectivity index (χ1v) is 7.02. The molecule has 2 nitrogen and oxygen atoms in total. The quantitative estimate of drug-likeness (QED) is 0.821. The fourth-order valence-corrected chi connectivity index (χ4v) is 2.94. The Morgan fingerprint density at radius 3 is 2.50 bits per heavy atom. The van der Waals surface area contributed by atoms with Gasteiger partial charge in [-0.05, 0) is 30.0 Å². The van der Waals surface area contributed by atoms with Crippen LogP contribution in [-0.4, -0.2) is 9.46 Å². The highest BCUT2D eigenvalue weighted by Gasteiger charge is 2.16. The first-order chi connectivity index (χ1) is 7.43. The first kappa shape index (κ1) is 13.2. The summed E-state index contributed by atoms with van der Waals surface area (Å²) in [5.74, 6) is 1.05. The van der Waals surface area contributed by atoms with E-state index in [2.05, 4.69) is 13.8 Å². The molecule has 0 heterocycles. The second kappa shape index (κ2) is 5.48. The van der Waals surface area contributed by atoms with Gasteiger partial charge < -0.3 is 5.73 Å². The Morgan fingerprint density at radius 2 is 1.94 bits per heavy atom. The van der Waals surface area contributed by atoms with Crippen LogP contribution in [0.1, 0.15) is 31.9 Å². The van der Waals surface area contributed by atoms with E-state index in [1.165, 1.54) is 0 Å². The van der Waals surface area contributed by atoms with Crippen LogP contribution in [0.3, 0.4) is 0 Å². The molecule has 16 heavy (non-hydrogen) atoms. The van der Waals surface area contributed by atoms with Gasteiger partial charge in [-0.25, -0.2) is 0 Å².